The molecular weight excluding hydrogens is 383 g/mol. The molecule has 0 radical (unpaired) electrons. The van der Waals surface area contributed by atoms with Gasteiger partial charge < -0.3 is 0 Å². The minimum absolute atomic E-state index is 0.607. The van der Waals surface area contributed by atoms with Gasteiger partial charge in [-0.15, -0.1) is 23.5 Å². The summed E-state index contributed by atoms with van der Waals surface area (Å²) in [6, 6.07) is 0. The Balaban J connectivity index is 2.24. The molecule has 0 atom stereocenters. The van der Waals surface area contributed by atoms with Gasteiger partial charge in [0.25, 0.3) is 0 Å². The molecule has 0 nitrogen and oxygen atoms in total. The van der Waals surface area contributed by atoms with Gasteiger partial charge in [0.1, 0.15) is 0 Å². The van der Waals surface area contributed by atoms with Crippen molar-refractivity contribution in [2.75, 3.05) is 15.9 Å². The minimum Gasteiger partial charge on any atom is -0.144 e. The number of halogens is 1. The molecule has 1 rings (SSSR count). The Morgan fingerprint density at radius 1 is 0.842 bits per heavy atom. The highest BCUT2D eigenvalue weighted by Gasteiger charge is 2.32. The third-order valence-corrected chi connectivity index (χ3v) is 8.20. The summed E-state index contributed by atoms with van der Waals surface area (Å²) >= 11 is 7.09. The maximum atomic E-state index is 2.50. The summed E-state index contributed by atoms with van der Waals surface area (Å²) in [4.78, 5) is 0. The Morgan fingerprint density at radius 2 is 1.42 bits per heavy atom. The molecule has 1 fully saturated rings. The van der Waals surface area contributed by atoms with Crippen LogP contribution >= 0.6 is 46.1 Å². The lowest BCUT2D eigenvalue weighted by Gasteiger charge is -2.36. The molecule has 0 saturated carbocycles. The summed E-state index contributed by atoms with van der Waals surface area (Å²) < 4.78 is 1.94. The summed E-state index contributed by atoms with van der Waals surface area (Å²) in [6.45, 7) is 2.31. The van der Waals surface area contributed by atoms with E-state index in [4.69, 9.17) is 0 Å². The van der Waals surface area contributed by atoms with Crippen molar-refractivity contribution in [2.24, 2.45) is 0 Å². The fourth-order valence-electron chi connectivity index (χ4n) is 2.69. The van der Waals surface area contributed by atoms with Crippen molar-refractivity contribution in [1.29, 1.82) is 0 Å². The number of alkyl halides is 1. The minimum atomic E-state index is 0.607. The number of unbranched alkanes of at least 4 members (excludes halogenated alkanes) is 6. The van der Waals surface area contributed by atoms with Crippen LogP contribution in [0.5, 0.6) is 0 Å². The first-order valence-corrected chi connectivity index (χ1v) is 11.7. The molecule has 19 heavy (non-hydrogen) atoms. The summed E-state index contributed by atoms with van der Waals surface area (Å²) in [7, 11) is 0. The second-order valence-corrected chi connectivity index (χ2v) is 9.92. The molecule has 1 heterocycles. The van der Waals surface area contributed by atoms with Gasteiger partial charge in [0.15, 0.2) is 0 Å². The molecule has 114 valence electrons. The van der Waals surface area contributed by atoms with E-state index in [-0.39, 0.29) is 0 Å². The van der Waals surface area contributed by atoms with Crippen LogP contribution in [-0.4, -0.2) is 20.0 Å². The van der Waals surface area contributed by atoms with Crippen molar-refractivity contribution in [3.63, 3.8) is 0 Å². The summed E-state index contributed by atoms with van der Waals surface area (Å²) in [5.41, 5.74) is 0. The van der Waals surface area contributed by atoms with Crippen molar-refractivity contribution >= 4 is 46.1 Å². The molecule has 1 saturated heterocycles. The highest BCUT2D eigenvalue weighted by atomic mass is 127. The fraction of sp³-hybridized carbons (Fsp3) is 1.00. The van der Waals surface area contributed by atoms with Crippen molar-refractivity contribution in [3.05, 3.63) is 0 Å². The molecule has 0 aromatic heterocycles. The largest absolute Gasteiger partial charge is 0.144 e. The second-order valence-electron chi connectivity index (χ2n) is 5.63. The molecule has 0 aromatic carbocycles. The quantitative estimate of drug-likeness (QED) is 0.205. The highest BCUT2D eigenvalue weighted by Crippen LogP contribution is 2.49. The van der Waals surface area contributed by atoms with Crippen LogP contribution in [0.15, 0.2) is 0 Å². The third kappa shape index (κ3) is 8.45. The molecule has 0 spiro atoms. The standard InChI is InChI=1S/C16H31IS2/c1-2-3-4-7-11-16(18-14-10-15-19-16)12-8-5-6-9-13-17/h2-15H2,1H3. The van der Waals surface area contributed by atoms with Crippen LogP contribution in [0.2, 0.25) is 0 Å². The van der Waals surface area contributed by atoms with Crippen molar-refractivity contribution in [2.45, 2.75) is 81.6 Å². The van der Waals surface area contributed by atoms with Gasteiger partial charge in [-0.2, -0.15) is 0 Å². The molecule has 1 aliphatic heterocycles. The van der Waals surface area contributed by atoms with E-state index in [1.54, 1.807) is 0 Å². The predicted molar refractivity (Wildman–Crippen MR) is 103 cm³/mol. The van der Waals surface area contributed by atoms with E-state index in [9.17, 15) is 0 Å². The first-order chi connectivity index (χ1) is 9.33. The first-order valence-electron chi connectivity index (χ1n) is 8.17. The third-order valence-electron chi connectivity index (χ3n) is 3.87. The van der Waals surface area contributed by atoms with E-state index in [0.717, 1.165) is 0 Å². The van der Waals surface area contributed by atoms with Gasteiger partial charge >= 0.3 is 0 Å². The number of rotatable bonds is 11. The van der Waals surface area contributed by atoms with Gasteiger partial charge in [0.05, 0.1) is 4.08 Å². The van der Waals surface area contributed by atoms with Crippen LogP contribution in [0.25, 0.3) is 0 Å². The van der Waals surface area contributed by atoms with E-state index in [1.165, 1.54) is 86.6 Å². The number of hydrogen-bond acceptors (Lipinski definition) is 2. The molecule has 0 bridgehead atoms. The van der Waals surface area contributed by atoms with E-state index in [2.05, 4.69) is 53.0 Å². The first kappa shape index (κ1) is 18.5. The van der Waals surface area contributed by atoms with Crippen LogP contribution in [0.3, 0.4) is 0 Å². The van der Waals surface area contributed by atoms with E-state index in [1.807, 2.05) is 0 Å². The van der Waals surface area contributed by atoms with Crippen LogP contribution in [0.4, 0.5) is 0 Å². The van der Waals surface area contributed by atoms with Crippen molar-refractivity contribution in [1.82, 2.24) is 0 Å². The van der Waals surface area contributed by atoms with E-state index >= 15 is 0 Å². The lowest BCUT2D eigenvalue weighted by molar-refractivity contribution is 0.541. The van der Waals surface area contributed by atoms with Crippen LogP contribution in [0, 0.1) is 0 Å². The van der Waals surface area contributed by atoms with Gasteiger partial charge in [0, 0.05) is 0 Å². The van der Waals surface area contributed by atoms with Gasteiger partial charge in [-0.25, -0.2) is 0 Å². The predicted octanol–water partition coefficient (Wildman–Crippen LogP) is 6.91. The van der Waals surface area contributed by atoms with Crippen LogP contribution < -0.4 is 0 Å². The van der Waals surface area contributed by atoms with Gasteiger partial charge in [-0.05, 0) is 41.6 Å². The molecule has 0 aromatic rings. The van der Waals surface area contributed by atoms with E-state index < -0.39 is 0 Å². The number of hydrogen-bond donors (Lipinski definition) is 0. The molecule has 0 unspecified atom stereocenters. The molecule has 0 aliphatic carbocycles. The Kier molecular flexibility index (Phi) is 11.7. The van der Waals surface area contributed by atoms with Gasteiger partial charge in [-0.1, -0.05) is 74.5 Å². The lowest BCUT2D eigenvalue weighted by atomic mass is 10.0. The Hall–Kier alpha value is 1.43. The summed E-state index contributed by atoms with van der Waals surface area (Å²) in [5.74, 6) is 2.82. The molecule has 0 N–H and O–H groups in total. The Morgan fingerprint density at radius 3 is 2.00 bits per heavy atom. The molecule has 1 aliphatic rings. The molecule has 0 amide bonds. The molecule has 3 heteroatoms. The zero-order valence-electron chi connectivity index (χ0n) is 12.6. The van der Waals surface area contributed by atoms with Gasteiger partial charge in [-0.3, -0.25) is 0 Å². The smallest absolute Gasteiger partial charge is 0.0611 e. The maximum absolute atomic E-state index is 2.50. The SMILES string of the molecule is CCCCCCC1(CCCCCCI)SCCCS1. The van der Waals surface area contributed by atoms with Gasteiger partial charge in [0.2, 0.25) is 0 Å². The Bertz CT molecular complexity index is 203. The monoisotopic (exact) mass is 414 g/mol. The zero-order chi connectivity index (χ0) is 13.8. The highest BCUT2D eigenvalue weighted by molar-refractivity contribution is 14.1. The summed E-state index contributed by atoms with van der Waals surface area (Å²) in [6.07, 6.45) is 15.9. The van der Waals surface area contributed by atoms with E-state index in [0.29, 0.717) is 4.08 Å². The average Bonchev–Trinajstić information content (AvgIpc) is 2.45. The number of thioether (sulfide) groups is 2. The van der Waals surface area contributed by atoms with Crippen LogP contribution in [-0.2, 0) is 0 Å². The summed E-state index contributed by atoms with van der Waals surface area (Å²) in [5, 5.41) is 0. The maximum Gasteiger partial charge on any atom is 0.0611 e. The zero-order valence-corrected chi connectivity index (χ0v) is 16.4. The lowest BCUT2D eigenvalue weighted by Crippen LogP contribution is -2.25. The average molecular weight is 414 g/mol. The fourth-order valence-corrected chi connectivity index (χ4v) is 6.73. The van der Waals surface area contributed by atoms with Crippen molar-refractivity contribution < 1.29 is 0 Å². The Labute approximate surface area is 143 Å². The normalized spacial score (nSPS) is 18.6. The second kappa shape index (κ2) is 12.0. The topological polar surface area (TPSA) is 0 Å². The van der Waals surface area contributed by atoms with Crippen molar-refractivity contribution in [3.8, 4) is 0 Å². The molecular formula is C16H31IS2. The van der Waals surface area contributed by atoms with Crippen LogP contribution in [0.1, 0.15) is 77.6 Å².